The van der Waals surface area contributed by atoms with Crippen molar-refractivity contribution in [3.8, 4) is 0 Å². The van der Waals surface area contributed by atoms with Crippen LogP contribution in [0.3, 0.4) is 0 Å². The minimum Gasteiger partial charge on any atom is -0.314 e. The molecule has 15 heavy (non-hydrogen) atoms. The molecule has 1 aliphatic heterocycles. The zero-order valence-corrected chi connectivity index (χ0v) is 8.75. The first kappa shape index (κ1) is 10.5. The Bertz CT molecular complexity index is 310. The molecule has 0 spiro atoms. The second-order valence-corrected chi connectivity index (χ2v) is 3.77. The molecule has 1 aromatic rings. The largest absolute Gasteiger partial charge is 0.314 e. The van der Waals surface area contributed by atoms with Crippen LogP contribution in [0.1, 0.15) is 5.69 Å². The predicted molar refractivity (Wildman–Crippen MR) is 57.2 cm³/mol. The Kier molecular flexibility index (Phi) is 3.64. The summed E-state index contributed by atoms with van der Waals surface area (Å²) in [5.41, 5.74) is 0.580. The minimum atomic E-state index is -0.187. The number of nitrogens with zero attached hydrogens (tertiary/aromatic N) is 2. The summed E-state index contributed by atoms with van der Waals surface area (Å²) in [7, 11) is 0. The van der Waals surface area contributed by atoms with Crippen LogP contribution in [0.25, 0.3) is 0 Å². The zero-order chi connectivity index (χ0) is 10.5. The van der Waals surface area contributed by atoms with Gasteiger partial charge in [0.1, 0.15) is 5.82 Å². The van der Waals surface area contributed by atoms with Gasteiger partial charge in [0, 0.05) is 45.3 Å². The molecule has 1 saturated heterocycles. The number of aromatic nitrogens is 1. The van der Waals surface area contributed by atoms with E-state index in [0.717, 1.165) is 32.7 Å². The van der Waals surface area contributed by atoms with Crippen molar-refractivity contribution >= 4 is 0 Å². The first-order chi connectivity index (χ1) is 7.36. The van der Waals surface area contributed by atoms with E-state index < -0.39 is 0 Å². The van der Waals surface area contributed by atoms with E-state index in [2.05, 4.69) is 15.2 Å². The van der Waals surface area contributed by atoms with E-state index in [9.17, 15) is 4.39 Å². The van der Waals surface area contributed by atoms with Gasteiger partial charge in [0.25, 0.3) is 0 Å². The SMILES string of the molecule is Fc1cccnc1CCN1CCNCC1. The number of piperazine rings is 1. The molecule has 82 valence electrons. The van der Waals surface area contributed by atoms with Crippen LogP contribution in [-0.2, 0) is 6.42 Å². The molecular formula is C11H16FN3. The Balaban J connectivity index is 1.84. The molecular weight excluding hydrogens is 193 g/mol. The molecule has 0 amide bonds. The van der Waals surface area contributed by atoms with Crippen molar-refractivity contribution in [1.82, 2.24) is 15.2 Å². The van der Waals surface area contributed by atoms with Gasteiger partial charge in [-0.15, -0.1) is 0 Å². The lowest BCUT2D eigenvalue weighted by Crippen LogP contribution is -2.44. The fourth-order valence-corrected chi connectivity index (χ4v) is 1.80. The number of rotatable bonds is 3. The van der Waals surface area contributed by atoms with Gasteiger partial charge in [-0.1, -0.05) is 0 Å². The lowest BCUT2D eigenvalue weighted by Gasteiger charge is -2.26. The van der Waals surface area contributed by atoms with Crippen molar-refractivity contribution in [2.45, 2.75) is 6.42 Å². The molecule has 0 atom stereocenters. The van der Waals surface area contributed by atoms with Crippen LogP contribution in [0.5, 0.6) is 0 Å². The van der Waals surface area contributed by atoms with E-state index in [-0.39, 0.29) is 5.82 Å². The van der Waals surface area contributed by atoms with Crippen LogP contribution < -0.4 is 5.32 Å². The molecule has 1 fully saturated rings. The second-order valence-electron chi connectivity index (χ2n) is 3.77. The lowest BCUT2D eigenvalue weighted by molar-refractivity contribution is 0.242. The Morgan fingerprint density at radius 2 is 2.20 bits per heavy atom. The monoisotopic (exact) mass is 209 g/mol. The average Bonchev–Trinajstić information content (AvgIpc) is 2.29. The van der Waals surface area contributed by atoms with E-state index in [1.807, 2.05) is 0 Å². The summed E-state index contributed by atoms with van der Waals surface area (Å²) in [6.07, 6.45) is 2.35. The third-order valence-corrected chi connectivity index (χ3v) is 2.71. The van der Waals surface area contributed by atoms with Crippen molar-refractivity contribution in [2.75, 3.05) is 32.7 Å². The molecule has 3 nitrogen and oxygen atoms in total. The van der Waals surface area contributed by atoms with E-state index in [1.165, 1.54) is 6.07 Å². The highest BCUT2D eigenvalue weighted by Crippen LogP contribution is 2.04. The first-order valence-electron chi connectivity index (χ1n) is 5.39. The van der Waals surface area contributed by atoms with Crippen molar-refractivity contribution < 1.29 is 4.39 Å². The van der Waals surface area contributed by atoms with Gasteiger partial charge < -0.3 is 10.2 Å². The molecule has 0 radical (unpaired) electrons. The Morgan fingerprint density at radius 3 is 2.93 bits per heavy atom. The standard InChI is InChI=1S/C11H16FN3/c12-10-2-1-4-14-11(10)3-7-15-8-5-13-6-9-15/h1-2,4,13H,3,5-9H2. The Hall–Kier alpha value is -1.00. The zero-order valence-electron chi connectivity index (χ0n) is 8.75. The molecule has 1 N–H and O–H groups in total. The van der Waals surface area contributed by atoms with E-state index >= 15 is 0 Å². The molecule has 2 rings (SSSR count). The van der Waals surface area contributed by atoms with Crippen LogP contribution in [-0.4, -0.2) is 42.6 Å². The van der Waals surface area contributed by atoms with E-state index in [0.29, 0.717) is 12.1 Å². The van der Waals surface area contributed by atoms with E-state index in [1.54, 1.807) is 12.3 Å². The van der Waals surface area contributed by atoms with Crippen LogP contribution in [0.15, 0.2) is 18.3 Å². The summed E-state index contributed by atoms with van der Waals surface area (Å²) in [6, 6.07) is 3.10. The van der Waals surface area contributed by atoms with Crippen molar-refractivity contribution in [2.24, 2.45) is 0 Å². The molecule has 1 aliphatic rings. The maximum Gasteiger partial charge on any atom is 0.144 e. The predicted octanol–water partition coefficient (Wildman–Crippen LogP) is 0.668. The van der Waals surface area contributed by atoms with Crippen LogP contribution in [0.4, 0.5) is 4.39 Å². The highest BCUT2D eigenvalue weighted by Gasteiger charge is 2.10. The highest BCUT2D eigenvalue weighted by atomic mass is 19.1. The van der Waals surface area contributed by atoms with Crippen LogP contribution >= 0.6 is 0 Å². The molecule has 4 heteroatoms. The molecule has 0 aliphatic carbocycles. The van der Waals surface area contributed by atoms with Crippen LogP contribution in [0, 0.1) is 5.82 Å². The number of hydrogen-bond donors (Lipinski definition) is 1. The van der Waals surface area contributed by atoms with Gasteiger partial charge in [-0.2, -0.15) is 0 Å². The average molecular weight is 209 g/mol. The number of hydrogen-bond acceptors (Lipinski definition) is 3. The maximum atomic E-state index is 13.3. The van der Waals surface area contributed by atoms with Gasteiger partial charge in [0.15, 0.2) is 0 Å². The topological polar surface area (TPSA) is 28.2 Å². The molecule has 0 aromatic carbocycles. The van der Waals surface area contributed by atoms with Gasteiger partial charge in [0.05, 0.1) is 5.69 Å². The normalized spacial score (nSPS) is 17.9. The van der Waals surface area contributed by atoms with E-state index in [4.69, 9.17) is 0 Å². The Labute approximate surface area is 89.3 Å². The summed E-state index contributed by atoms with van der Waals surface area (Å²) in [5, 5.41) is 3.29. The van der Waals surface area contributed by atoms with Gasteiger partial charge in [-0.05, 0) is 12.1 Å². The quantitative estimate of drug-likeness (QED) is 0.793. The second kappa shape index (κ2) is 5.19. The number of halogens is 1. The van der Waals surface area contributed by atoms with Gasteiger partial charge >= 0.3 is 0 Å². The van der Waals surface area contributed by atoms with Crippen molar-refractivity contribution in [1.29, 1.82) is 0 Å². The van der Waals surface area contributed by atoms with Gasteiger partial charge in [0.2, 0.25) is 0 Å². The fourth-order valence-electron chi connectivity index (χ4n) is 1.80. The summed E-state index contributed by atoms with van der Waals surface area (Å²) < 4.78 is 13.3. The first-order valence-corrected chi connectivity index (χ1v) is 5.39. The van der Waals surface area contributed by atoms with Crippen molar-refractivity contribution in [3.63, 3.8) is 0 Å². The van der Waals surface area contributed by atoms with Crippen molar-refractivity contribution in [3.05, 3.63) is 29.8 Å². The molecule has 0 saturated carbocycles. The molecule has 1 aromatic heterocycles. The summed E-state index contributed by atoms with van der Waals surface area (Å²) in [4.78, 5) is 6.38. The molecule has 0 bridgehead atoms. The third-order valence-electron chi connectivity index (χ3n) is 2.71. The number of pyridine rings is 1. The maximum absolute atomic E-state index is 13.3. The molecule has 2 heterocycles. The third kappa shape index (κ3) is 2.97. The van der Waals surface area contributed by atoms with Gasteiger partial charge in [-0.25, -0.2) is 4.39 Å². The Morgan fingerprint density at radius 1 is 1.40 bits per heavy atom. The minimum absolute atomic E-state index is 0.187. The van der Waals surface area contributed by atoms with Crippen LogP contribution in [0.2, 0.25) is 0 Å². The van der Waals surface area contributed by atoms with Gasteiger partial charge in [-0.3, -0.25) is 4.98 Å². The lowest BCUT2D eigenvalue weighted by atomic mass is 10.2. The summed E-state index contributed by atoms with van der Waals surface area (Å²) >= 11 is 0. The number of nitrogens with one attached hydrogen (secondary N) is 1. The smallest absolute Gasteiger partial charge is 0.144 e. The fraction of sp³-hybridized carbons (Fsp3) is 0.545. The summed E-state index contributed by atoms with van der Waals surface area (Å²) in [5.74, 6) is -0.187. The highest BCUT2D eigenvalue weighted by molar-refractivity contribution is 5.07. The summed E-state index contributed by atoms with van der Waals surface area (Å²) in [6.45, 7) is 5.06. The molecule has 0 unspecified atom stereocenters.